The van der Waals surface area contributed by atoms with Crippen molar-refractivity contribution in [3.05, 3.63) is 37.2 Å². The summed E-state index contributed by atoms with van der Waals surface area (Å²) < 4.78 is 0. The van der Waals surface area contributed by atoms with E-state index in [0.29, 0.717) is 12.2 Å². The van der Waals surface area contributed by atoms with Gasteiger partial charge in [0.25, 0.3) is 0 Å². The van der Waals surface area contributed by atoms with E-state index in [0.717, 1.165) is 18.0 Å². The third-order valence-corrected chi connectivity index (χ3v) is 1.87. The quantitative estimate of drug-likeness (QED) is 0.513. The van der Waals surface area contributed by atoms with E-state index in [4.69, 9.17) is 5.73 Å². The van der Waals surface area contributed by atoms with Gasteiger partial charge in [-0.05, 0) is 13.0 Å². The van der Waals surface area contributed by atoms with Crippen molar-refractivity contribution in [1.82, 2.24) is 4.90 Å². The minimum Gasteiger partial charge on any atom is -0.372 e. The van der Waals surface area contributed by atoms with Gasteiger partial charge in [0.05, 0.1) is 11.4 Å². The Morgan fingerprint density at radius 3 is 2.50 bits per heavy atom. The van der Waals surface area contributed by atoms with Crippen molar-refractivity contribution in [3.8, 4) is 0 Å². The Kier molecular flexibility index (Phi) is 5.56. The van der Waals surface area contributed by atoms with Gasteiger partial charge in [-0.3, -0.25) is 4.99 Å². The van der Waals surface area contributed by atoms with E-state index >= 15 is 0 Å². The average Bonchev–Trinajstić information content (AvgIpc) is 2.16. The second-order valence-corrected chi connectivity index (χ2v) is 3.06. The Bertz CT molecular complexity index is 264. The highest BCUT2D eigenvalue weighted by Crippen LogP contribution is 2.10. The van der Waals surface area contributed by atoms with Crippen molar-refractivity contribution in [1.29, 1.82) is 0 Å². The lowest BCUT2D eigenvalue weighted by atomic mass is 10.3. The molecule has 0 bridgehead atoms. The van der Waals surface area contributed by atoms with Crippen LogP contribution in [0.4, 0.5) is 0 Å². The summed E-state index contributed by atoms with van der Waals surface area (Å²) in [6, 6.07) is 0. The molecule has 0 spiro atoms. The number of nitrogens with zero attached hydrogens (tertiary/aromatic N) is 2. The fourth-order valence-electron chi connectivity index (χ4n) is 0.872. The predicted octanol–water partition coefficient (Wildman–Crippen LogP) is 1.55. The van der Waals surface area contributed by atoms with Crippen LogP contribution in [0.2, 0.25) is 0 Å². The molecule has 0 aliphatic carbocycles. The molecular weight excluding hydrogens is 174 g/mol. The first-order valence-corrected chi connectivity index (χ1v) is 4.50. The highest BCUT2D eigenvalue weighted by Gasteiger charge is 2.03. The second-order valence-electron chi connectivity index (χ2n) is 3.06. The lowest BCUT2D eigenvalue weighted by Crippen LogP contribution is -2.25. The first-order chi connectivity index (χ1) is 6.52. The van der Waals surface area contributed by atoms with E-state index in [2.05, 4.69) is 24.7 Å². The Balaban J connectivity index is 4.40. The zero-order valence-corrected chi connectivity index (χ0v) is 9.08. The first-order valence-electron chi connectivity index (χ1n) is 4.50. The van der Waals surface area contributed by atoms with Crippen molar-refractivity contribution < 1.29 is 0 Å². The first kappa shape index (κ1) is 12.7. The smallest absolute Gasteiger partial charge is 0.0788 e. The summed E-state index contributed by atoms with van der Waals surface area (Å²) in [6.45, 7) is 14.5. The summed E-state index contributed by atoms with van der Waals surface area (Å²) >= 11 is 0. The molecule has 0 rings (SSSR count). The van der Waals surface area contributed by atoms with E-state index in [9.17, 15) is 0 Å². The minimum absolute atomic E-state index is 0.590. The number of hydrogen-bond donors (Lipinski definition) is 1. The fourth-order valence-corrected chi connectivity index (χ4v) is 0.872. The van der Waals surface area contributed by atoms with Crippen molar-refractivity contribution in [2.75, 3.05) is 20.1 Å². The zero-order valence-electron chi connectivity index (χ0n) is 9.08. The molecule has 0 atom stereocenters. The van der Waals surface area contributed by atoms with Crippen LogP contribution < -0.4 is 5.73 Å². The van der Waals surface area contributed by atoms with E-state index in [-0.39, 0.29) is 0 Å². The fraction of sp³-hybridized carbons (Fsp3) is 0.364. The van der Waals surface area contributed by atoms with Crippen molar-refractivity contribution in [3.63, 3.8) is 0 Å². The van der Waals surface area contributed by atoms with Gasteiger partial charge in [-0.15, -0.1) is 0 Å². The van der Waals surface area contributed by atoms with Gasteiger partial charge in [0, 0.05) is 25.8 Å². The van der Waals surface area contributed by atoms with Gasteiger partial charge in [0.2, 0.25) is 0 Å². The molecule has 0 saturated carbocycles. The summed E-state index contributed by atoms with van der Waals surface area (Å²) in [5, 5.41) is 0. The Morgan fingerprint density at radius 2 is 2.07 bits per heavy atom. The number of allylic oxidation sites excluding steroid dienone is 1. The molecule has 0 heterocycles. The SMILES string of the molecule is C=CC(C)=NC(=C)C(=C)N(C)CCN. The maximum atomic E-state index is 5.43. The predicted molar refractivity (Wildman–Crippen MR) is 63.3 cm³/mol. The van der Waals surface area contributed by atoms with Crippen LogP contribution in [0, 0.1) is 0 Å². The highest BCUT2D eigenvalue weighted by molar-refractivity contribution is 5.93. The van der Waals surface area contributed by atoms with Crippen LogP contribution in [0.1, 0.15) is 6.92 Å². The number of aliphatic imine (C=N–C) groups is 1. The van der Waals surface area contributed by atoms with Gasteiger partial charge in [0.1, 0.15) is 0 Å². The zero-order chi connectivity index (χ0) is 11.1. The normalized spacial score (nSPS) is 10.9. The van der Waals surface area contributed by atoms with Crippen LogP contribution in [-0.2, 0) is 0 Å². The van der Waals surface area contributed by atoms with Crippen molar-refractivity contribution in [2.24, 2.45) is 10.7 Å². The third-order valence-electron chi connectivity index (χ3n) is 1.87. The number of likely N-dealkylation sites (N-methyl/N-ethyl adjacent to an activating group) is 1. The molecule has 0 saturated heterocycles. The molecule has 2 N–H and O–H groups in total. The van der Waals surface area contributed by atoms with Crippen LogP contribution in [0.25, 0.3) is 0 Å². The molecule has 0 aliphatic heterocycles. The largest absolute Gasteiger partial charge is 0.372 e. The van der Waals surface area contributed by atoms with E-state index in [1.54, 1.807) is 6.08 Å². The number of hydrogen-bond acceptors (Lipinski definition) is 3. The molecule has 0 aromatic rings. The molecule has 0 amide bonds. The van der Waals surface area contributed by atoms with E-state index in [1.807, 2.05) is 18.9 Å². The second kappa shape index (κ2) is 6.16. The number of rotatable bonds is 6. The van der Waals surface area contributed by atoms with Crippen LogP contribution in [-0.4, -0.2) is 30.7 Å². The minimum atomic E-state index is 0.590. The topological polar surface area (TPSA) is 41.6 Å². The summed E-state index contributed by atoms with van der Waals surface area (Å²) in [5.41, 5.74) is 7.70. The lowest BCUT2D eigenvalue weighted by Gasteiger charge is -2.20. The Labute approximate surface area is 86.3 Å². The van der Waals surface area contributed by atoms with Gasteiger partial charge in [-0.2, -0.15) is 0 Å². The molecule has 78 valence electrons. The average molecular weight is 193 g/mol. The lowest BCUT2D eigenvalue weighted by molar-refractivity contribution is 0.437. The summed E-state index contributed by atoms with van der Waals surface area (Å²) in [5.74, 6) is 0. The highest BCUT2D eigenvalue weighted by atomic mass is 15.1. The Hall–Kier alpha value is -1.35. The molecule has 0 aliphatic rings. The molecule has 0 aromatic carbocycles. The molecule has 3 nitrogen and oxygen atoms in total. The van der Waals surface area contributed by atoms with Crippen LogP contribution in [0.3, 0.4) is 0 Å². The maximum Gasteiger partial charge on any atom is 0.0788 e. The number of nitrogens with two attached hydrogens (primary N) is 1. The summed E-state index contributed by atoms with van der Waals surface area (Å²) in [4.78, 5) is 6.15. The van der Waals surface area contributed by atoms with Gasteiger partial charge in [-0.25, -0.2) is 0 Å². The molecule has 14 heavy (non-hydrogen) atoms. The maximum absolute atomic E-state index is 5.43. The van der Waals surface area contributed by atoms with E-state index < -0.39 is 0 Å². The van der Waals surface area contributed by atoms with Gasteiger partial charge < -0.3 is 10.6 Å². The molecular formula is C11H19N3. The van der Waals surface area contributed by atoms with Gasteiger partial charge >= 0.3 is 0 Å². The molecule has 0 radical (unpaired) electrons. The molecule has 0 aromatic heterocycles. The van der Waals surface area contributed by atoms with Gasteiger partial charge in [0.15, 0.2) is 0 Å². The summed E-state index contributed by atoms with van der Waals surface area (Å²) in [6.07, 6.45) is 1.68. The van der Waals surface area contributed by atoms with Gasteiger partial charge in [-0.1, -0.05) is 19.7 Å². The molecule has 0 fully saturated rings. The summed E-state index contributed by atoms with van der Waals surface area (Å²) in [7, 11) is 1.92. The monoisotopic (exact) mass is 193 g/mol. The standard InChI is InChI=1S/C11H19N3/c1-6-9(2)13-10(3)11(4)14(5)8-7-12/h6H,1,3-4,7-8,12H2,2,5H3. The van der Waals surface area contributed by atoms with Crippen molar-refractivity contribution in [2.45, 2.75) is 6.92 Å². The van der Waals surface area contributed by atoms with Crippen molar-refractivity contribution >= 4 is 5.71 Å². The Morgan fingerprint density at radius 1 is 1.50 bits per heavy atom. The van der Waals surface area contributed by atoms with Crippen LogP contribution in [0.15, 0.2) is 42.2 Å². The van der Waals surface area contributed by atoms with E-state index in [1.165, 1.54) is 0 Å². The third kappa shape index (κ3) is 4.05. The molecule has 3 heteroatoms. The van der Waals surface area contributed by atoms with Crippen LogP contribution >= 0.6 is 0 Å². The molecule has 0 unspecified atom stereocenters. The van der Waals surface area contributed by atoms with Crippen LogP contribution in [0.5, 0.6) is 0 Å².